The Kier molecular flexibility index (Phi) is 4.36. The summed E-state index contributed by atoms with van der Waals surface area (Å²) in [5.41, 5.74) is 0. The van der Waals surface area contributed by atoms with Crippen LogP contribution in [-0.4, -0.2) is 61.4 Å². The molecule has 2 heterocycles. The molecule has 3 atom stereocenters. The number of carbonyl (C=O) groups excluding carboxylic acids is 1. The van der Waals surface area contributed by atoms with Gasteiger partial charge in [-0.05, 0) is 18.9 Å². The van der Waals surface area contributed by atoms with E-state index < -0.39 is 0 Å². The molecule has 1 amide bonds. The molecule has 2 saturated heterocycles. The average molecular weight is 242 g/mol. The van der Waals surface area contributed by atoms with Crippen LogP contribution in [0.4, 0.5) is 0 Å². The van der Waals surface area contributed by atoms with E-state index in [9.17, 15) is 4.79 Å². The lowest BCUT2D eigenvalue weighted by molar-refractivity contribution is -0.145. The molecule has 2 rings (SSSR count). The Morgan fingerprint density at radius 1 is 1.53 bits per heavy atom. The maximum Gasteiger partial charge on any atom is 0.227 e. The molecule has 5 heteroatoms. The van der Waals surface area contributed by atoms with Gasteiger partial charge in [0.05, 0.1) is 25.2 Å². The predicted octanol–water partition coefficient (Wildman–Crippen LogP) is -0.548. The Balaban J connectivity index is 1.89. The minimum absolute atomic E-state index is 0.0108. The van der Waals surface area contributed by atoms with Gasteiger partial charge in [-0.3, -0.25) is 4.79 Å². The molecule has 2 fully saturated rings. The highest BCUT2D eigenvalue weighted by atomic mass is 16.5. The van der Waals surface area contributed by atoms with Gasteiger partial charge in [0.2, 0.25) is 5.91 Å². The summed E-state index contributed by atoms with van der Waals surface area (Å²) < 4.78 is 5.36. The predicted molar refractivity (Wildman–Crippen MR) is 63.5 cm³/mol. The van der Waals surface area contributed by atoms with Crippen LogP contribution >= 0.6 is 0 Å². The van der Waals surface area contributed by atoms with Crippen molar-refractivity contribution in [3.63, 3.8) is 0 Å². The van der Waals surface area contributed by atoms with Crippen molar-refractivity contribution >= 4 is 5.91 Å². The molecule has 17 heavy (non-hydrogen) atoms. The first-order valence-electron chi connectivity index (χ1n) is 6.42. The first-order valence-corrected chi connectivity index (χ1v) is 6.42. The summed E-state index contributed by atoms with van der Waals surface area (Å²) in [6, 6.07) is 0. The highest BCUT2D eigenvalue weighted by Gasteiger charge is 2.31. The summed E-state index contributed by atoms with van der Waals surface area (Å²) in [4.78, 5) is 14.2. The number of aliphatic hydroxyl groups excluding tert-OH is 1. The number of aliphatic hydroxyl groups is 1. The number of rotatable bonds is 2. The first-order chi connectivity index (χ1) is 8.20. The van der Waals surface area contributed by atoms with Crippen molar-refractivity contribution in [2.24, 2.45) is 11.8 Å². The van der Waals surface area contributed by atoms with E-state index in [1.54, 1.807) is 0 Å². The molecule has 0 aliphatic carbocycles. The molecule has 0 aromatic heterocycles. The standard InChI is InChI=1S/C12H22N2O3/c1-9-4-10(6-13-5-9)12(16)14-2-3-17-11(7-14)8-15/h9-11,13,15H,2-8H2,1H3. The zero-order valence-electron chi connectivity index (χ0n) is 10.4. The van der Waals surface area contributed by atoms with E-state index in [-0.39, 0.29) is 24.5 Å². The number of piperidine rings is 1. The van der Waals surface area contributed by atoms with E-state index in [4.69, 9.17) is 9.84 Å². The molecular formula is C12H22N2O3. The maximum atomic E-state index is 12.3. The van der Waals surface area contributed by atoms with Crippen LogP contribution in [-0.2, 0) is 9.53 Å². The Labute approximate surface area is 102 Å². The van der Waals surface area contributed by atoms with Gasteiger partial charge in [0.25, 0.3) is 0 Å². The van der Waals surface area contributed by atoms with Gasteiger partial charge in [0, 0.05) is 19.6 Å². The summed E-state index contributed by atoms with van der Waals surface area (Å²) in [5.74, 6) is 0.870. The smallest absolute Gasteiger partial charge is 0.227 e. The molecule has 3 unspecified atom stereocenters. The highest BCUT2D eigenvalue weighted by molar-refractivity contribution is 5.79. The molecule has 2 aliphatic rings. The summed E-state index contributed by atoms with van der Waals surface area (Å²) in [6.07, 6.45) is 0.758. The Morgan fingerprint density at radius 2 is 2.35 bits per heavy atom. The Hall–Kier alpha value is -0.650. The zero-order chi connectivity index (χ0) is 12.3. The van der Waals surface area contributed by atoms with Gasteiger partial charge < -0.3 is 20.1 Å². The van der Waals surface area contributed by atoms with Crippen LogP contribution in [0.3, 0.4) is 0 Å². The maximum absolute atomic E-state index is 12.3. The number of nitrogens with one attached hydrogen (secondary N) is 1. The van der Waals surface area contributed by atoms with E-state index in [0.717, 1.165) is 19.5 Å². The fourth-order valence-corrected chi connectivity index (χ4v) is 2.63. The van der Waals surface area contributed by atoms with Crippen LogP contribution < -0.4 is 5.32 Å². The van der Waals surface area contributed by atoms with E-state index in [1.165, 1.54) is 0 Å². The lowest BCUT2D eigenvalue weighted by atomic mass is 9.90. The number of morpholine rings is 1. The molecule has 98 valence electrons. The van der Waals surface area contributed by atoms with Gasteiger partial charge in [0.15, 0.2) is 0 Å². The van der Waals surface area contributed by atoms with Crippen molar-refractivity contribution in [1.82, 2.24) is 10.2 Å². The van der Waals surface area contributed by atoms with Crippen LogP contribution in [0.5, 0.6) is 0 Å². The van der Waals surface area contributed by atoms with Gasteiger partial charge in [-0.2, -0.15) is 0 Å². The third-order valence-corrected chi connectivity index (χ3v) is 3.57. The van der Waals surface area contributed by atoms with Crippen molar-refractivity contribution in [3.8, 4) is 0 Å². The lowest BCUT2D eigenvalue weighted by Gasteiger charge is -2.36. The summed E-state index contributed by atoms with van der Waals surface area (Å²) in [5, 5.41) is 12.4. The van der Waals surface area contributed by atoms with Gasteiger partial charge in [-0.25, -0.2) is 0 Å². The van der Waals surface area contributed by atoms with Crippen LogP contribution in [0.2, 0.25) is 0 Å². The normalized spacial score (nSPS) is 34.7. The topological polar surface area (TPSA) is 61.8 Å². The molecule has 0 aromatic rings. The molecule has 0 saturated carbocycles. The number of hydrogen-bond acceptors (Lipinski definition) is 4. The van der Waals surface area contributed by atoms with Gasteiger partial charge in [0.1, 0.15) is 0 Å². The molecule has 0 aromatic carbocycles. The molecule has 2 N–H and O–H groups in total. The van der Waals surface area contributed by atoms with Crippen LogP contribution in [0.15, 0.2) is 0 Å². The SMILES string of the molecule is CC1CNCC(C(=O)N2CCOC(CO)C2)C1. The number of amides is 1. The van der Waals surface area contributed by atoms with Crippen LogP contribution in [0.25, 0.3) is 0 Å². The van der Waals surface area contributed by atoms with Crippen molar-refractivity contribution in [2.45, 2.75) is 19.4 Å². The molecule has 0 spiro atoms. The molecule has 0 radical (unpaired) electrons. The van der Waals surface area contributed by atoms with E-state index >= 15 is 0 Å². The third kappa shape index (κ3) is 3.18. The molecule has 2 aliphatic heterocycles. The quantitative estimate of drug-likeness (QED) is 0.682. The lowest BCUT2D eigenvalue weighted by Crippen LogP contribution is -2.51. The van der Waals surface area contributed by atoms with Crippen LogP contribution in [0.1, 0.15) is 13.3 Å². The number of hydrogen-bond donors (Lipinski definition) is 2. The van der Waals surface area contributed by atoms with Gasteiger partial charge in [-0.1, -0.05) is 6.92 Å². The van der Waals surface area contributed by atoms with Gasteiger partial charge >= 0.3 is 0 Å². The Morgan fingerprint density at radius 3 is 3.06 bits per heavy atom. The third-order valence-electron chi connectivity index (χ3n) is 3.57. The molecular weight excluding hydrogens is 220 g/mol. The van der Waals surface area contributed by atoms with Crippen molar-refractivity contribution in [2.75, 3.05) is 39.4 Å². The second-order valence-electron chi connectivity index (χ2n) is 5.16. The number of ether oxygens (including phenoxy) is 1. The van der Waals surface area contributed by atoms with Crippen molar-refractivity contribution in [3.05, 3.63) is 0 Å². The number of carbonyl (C=O) groups is 1. The second-order valence-corrected chi connectivity index (χ2v) is 5.16. The summed E-state index contributed by atoms with van der Waals surface area (Å²) >= 11 is 0. The van der Waals surface area contributed by atoms with Gasteiger partial charge in [-0.15, -0.1) is 0 Å². The second kappa shape index (κ2) is 5.80. The molecule has 0 bridgehead atoms. The van der Waals surface area contributed by atoms with E-state index in [0.29, 0.717) is 25.6 Å². The highest BCUT2D eigenvalue weighted by Crippen LogP contribution is 2.19. The summed E-state index contributed by atoms with van der Waals surface area (Å²) in [7, 11) is 0. The first kappa shape index (κ1) is 12.8. The molecule has 5 nitrogen and oxygen atoms in total. The zero-order valence-corrected chi connectivity index (χ0v) is 10.4. The average Bonchev–Trinajstić information content (AvgIpc) is 2.38. The Bertz CT molecular complexity index is 272. The van der Waals surface area contributed by atoms with Crippen LogP contribution in [0, 0.1) is 11.8 Å². The van der Waals surface area contributed by atoms with Crippen molar-refractivity contribution < 1.29 is 14.6 Å². The number of nitrogens with zero attached hydrogens (tertiary/aromatic N) is 1. The summed E-state index contributed by atoms with van der Waals surface area (Å²) in [6.45, 7) is 5.66. The van der Waals surface area contributed by atoms with Crippen molar-refractivity contribution in [1.29, 1.82) is 0 Å². The monoisotopic (exact) mass is 242 g/mol. The fraction of sp³-hybridized carbons (Fsp3) is 0.917. The minimum Gasteiger partial charge on any atom is -0.394 e. The van der Waals surface area contributed by atoms with E-state index in [2.05, 4.69) is 12.2 Å². The largest absolute Gasteiger partial charge is 0.394 e. The fourth-order valence-electron chi connectivity index (χ4n) is 2.63. The minimum atomic E-state index is -0.207. The van der Waals surface area contributed by atoms with E-state index in [1.807, 2.05) is 4.90 Å².